The lowest BCUT2D eigenvalue weighted by Gasteiger charge is -2.14. The number of benzene rings is 2. The van der Waals surface area contributed by atoms with E-state index in [4.69, 9.17) is 11.6 Å². The molecular weight excluding hydrogens is 380 g/mol. The SMILES string of the molecule is Cc1ccccc1-c1nnc(SC(C)C(=O)Nc2cccc(Cl)c2C)n1C. The molecule has 1 N–H and O–H groups in total. The molecule has 1 aromatic heterocycles. The number of nitrogens with one attached hydrogen (secondary N) is 1. The van der Waals surface area contributed by atoms with Gasteiger partial charge < -0.3 is 9.88 Å². The van der Waals surface area contributed by atoms with E-state index in [1.165, 1.54) is 11.8 Å². The van der Waals surface area contributed by atoms with E-state index in [9.17, 15) is 4.79 Å². The molecule has 7 heteroatoms. The Morgan fingerprint density at radius 3 is 2.63 bits per heavy atom. The molecule has 0 aliphatic rings. The van der Waals surface area contributed by atoms with E-state index < -0.39 is 0 Å². The van der Waals surface area contributed by atoms with Gasteiger partial charge in [-0.1, -0.05) is 53.7 Å². The number of carbonyl (C=O) groups excluding carboxylic acids is 1. The van der Waals surface area contributed by atoms with Crippen LogP contribution < -0.4 is 5.32 Å². The fraction of sp³-hybridized carbons (Fsp3) is 0.250. The van der Waals surface area contributed by atoms with Gasteiger partial charge in [0.1, 0.15) is 0 Å². The zero-order valence-corrected chi connectivity index (χ0v) is 17.2. The standard InChI is InChI=1S/C20H21ClN4OS/c1-12-8-5-6-9-15(12)18-23-24-20(25(18)4)27-14(3)19(26)22-17-11-7-10-16(21)13(17)2/h5-11,14H,1-4H3,(H,22,26). The summed E-state index contributed by atoms with van der Waals surface area (Å²) in [5.74, 6) is 0.680. The van der Waals surface area contributed by atoms with E-state index in [-0.39, 0.29) is 11.2 Å². The van der Waals surface area contributed by atoms with Gasteiger partial charge in [-0.2, -0.15) is 0 Å². The average molecular weight is 401 g/mol. The van der Waals surface area contributed by atoms with Crippen molar-refractivity contribution >= 4 is 35.0 Å². The maximum Gasteiger partial charge on any atom is 0.237 e. The van der Waals surface area contributed by atoms with Crippen LogP contribution in [0.5, 0.6) is 0 Å². The average Bonchev–Trinajstić information content (AvgIpc) is 3.00. The van der Waals surface area contributed by atoms with Crippen molar-refractivity contribution < 1.29 is 4.79 Å². The molecule has 5 nitrogen and oxygen atoms in total. The fourth-order valence-electron chi connectivity index (χ4n) is 2.66. The predicted molar refractivity (Wildman–Crippen MR) is 111 cm³/mol. The van der Waals surface area contributed by atoms with Crippen molar-refractivity contribution in [1.29, 1.82) is 0 Å². The van der Waals surface area contributed by atoms with Crippen molar-refractivity contribution in [3.8, 4) is 11.4 Å². The summed E-state index contributed by atoms with van der Waals surface area (Å²) in [5.41, 5.74) is 3.74. The highest BCUT2D eigenvalue weighted by Gasteiger charge is 2.20. The predicted octanol–water partition coefficient (Wildman–Crippen LogP) is 4.87. The number of amides is 1. The number of rotatable bonds is 5. The molecule has 140 valence electrons. The Kier molecular flexibility index (Phi) is 5.87. The number of aryl methyl sites for hydroxylation is 1. The van der Waals surface area contributed by atoms with E-state index in [1.807, 2.05) is 68.8 Å². The highest BCUT2D eigenvalue weighted by Crippen LogP contribution is 2.28. The lowest BCUT2D eigenvalue weighted by molar-refractivity contribution is -0.115. The lowest BCUT2D eigenvalue weighted by atomic mass is 10.1. The van der Waals surface area contributed by atoms with Crippen LogP contribution in [0.25, 0.3) is 11.4 Å². The van der Waals surface area contributed by atoms with Gasteiger partial charge in [0.25, 0.3) is 0 Å². The van der Waals surface area contributed by atoms with Crippen LogP contribution in [0.2, 0.25) is 5.02 Å². The summed E-state index contributed by atoms with van der Waals surface area (Å²) in [6.07, 6.45) is 0. The number of carbonyl (C=O) groups is 1. The molecule has 0 saturated heterocycles. The summed E-state index contributed by atoms with van der Waals surface area (Å²) in [7, 11) is 1.91. The van der Waals surface area contributed by atoms with E-state index in [0.717, 1.165) is 28.2 Å². The van der Waals surface area contributed by atoms with Crippen molar-refractivity contribution in [1.82, 2.24) is 14.8 Å². The Bertz CT molecular complexity index is 986. The first kappa shape index (κ1) is 19.5. The Morgan fingerprint density at radius 2 is 1.89 bits per heavy atom. The monoisotopic (exact) mass is 400 g/mol. The number of hydrogen-bond acceptors (Lipinski definition) is 4. The van der Waals surface area contributed by atoms with Crippen LogP contribution in [0.3, 0.4) is 0 Å². The zero-order chi connectivity index (χ0) is 19.6. The molecule has 0 bridgehead atoms. The molecule has 3 rings (SSSR count). The van der Waals surface area contributed by atoms with E-state index in [0.29, 0.717) is 10.2 Å². The number of nitrogens with zero attached hydrogens (tertiary/aromatic N) is 3. The fourth-order valence-corrected chi connectivity index (χ4v) is 3.65. The van der Waals surface area contributed by atoms with Crippen molar-refractivity contribution in [2.24, 2.45) is 7.05 Å². The molecule has 1 amide bonds. The minimum Gasteiger partial charge on any atom is -0.325 e. The molecule has 0 aliphatic heterocycles. The van der Waals surface area contributed by atoms with Crippen LogP contribution in [0.1, 0.15) is 18.1 Å². The van der Waals surface area contributed by atoms with Crippen LogP contribution >= 0.6 is 23.4 Å². The zero-order valence-electron chi connectivity index (χ0n) is 15.7. The Labute approximate surface area is 168 Å². The molecule has 27 heavy (non-hydrogen) atoms. The van der Waals surface area contributed by atoms with Crippen molar-refractivity contribution in [3.05, 3.63) is 58.6 Å². The third-order valence-corrected chi connectivity index (χ3v) is 5.94. The van der Waals surface area contributed by atoms with E-state index in [2.05, 4.69) is 15.5 Å². The number of thioether (sulfide) groups is 1. The third kappa shape index (κ3) is 4.17. The first-order valence-electron chi connectivity index (χ1n) is 8.56. The molecule has 0 fully saturated rings. The van der Waals surface area contributed by atoms with Gasteiger partial charge in [-0.25, -0.2) is 0 Å². The van der Waals surface area contributed by atoms with Crippen LogP contribution in [-0.2, 0) is 11.8 Å². The van der Waals surface area contributed by atoms with Crippen LogP contribution in [0, 0.1) is 13.8 Å². The summed E-state index contributed by atoms with van der Waals surface area (Å²) in [6, 6.07) is 13.5. The quantitative estimate of drug-likeness (QED) is 0.620. The third-order valence-electron chi connectivity index (χ3n) is 4.40. The molecule has 0 saturated carbocycles. The Balaban J connectivity index is 1.75. The normalized spacial score (nSPS) is 12.0. The summed E-state index contributed by atoms with van der Waals surface area (Å²) in [6.45, 7) is 5.77. The van der Waals surface area contributed by atoms with Crippen LogP contribution in [0.15, 0.2) is 47.6 Å². The second-order valence-electron chi connectivity index (χ2n) is 6.34. The molecular formula is C20H21ClN4OS. The summed E-state index contributed by atoms with van der Waals surface area (Å²) in [5, 5.41) is 12.5. The maximum absolute atomic E-state index is 12.6. The van der Waals surface area contributed by atoms with Gasteiger partial charge in [-0.15, -0.1) is 10.2 Å². The molecule has 3 aromatic rings. The largest absolute Gasteiger partial charge is 0.325 e. The number of anilines is 1. The molecule has 1 unspecified atom stereocenters. The van der Waals surface area contributed by atoms with E-state index >= 15 is 0 Å². The number of hydrogen-bond donors (Lipinski definition) is 1. The molecule has 1 atom stereocenters. The van der Waals surface area contributed by atoms with Gasteiger partial charge in [0, 0.05) is 23.3 Å². The highest BCUT2D eigenvalue weighted by molar-refractivity contribution is 8.00. The summed E-state index contributed by atoms with van der Waals surface area (Å²) < 4.78 is 1.92. The molecule has 0 aliphatic carbocycles. The molecule has 2 aromatic carbocycles. The minimum atomic E-state index is -0.337. The number of halogens is 1. The van der Waals surface area contributed by atoms with Gasteiger partial charge in [-0.3, -0.25) is 4.79 Å². The number of aromatic nitrogens is 3. The van der Waals surface area contributed by atoms with Crippen LogP contribution in [-0.4, -0.2) is 25.9 Å². The Hall–Kier alpha value is -2.31. The second kappa shape index (κ2) is 8.15. The summed E-state index contributed by atoms with van der Waals surface area (Å²) in [4.78, 5) is 12.6. The minimum absolute atomic E-state index is 0.106. The molecule has 0 spiro atoms. The first-order valence-corrected chi connectivity index (χ1v) is 9.82. The lowest BCUT2D eigenvalue weighted by Crippen LogP contribution is -2.23. The van der Waals surface area contributed by atoms with Crippen molar-refractivity contribution in [2.75, 3.05) is 5.32 Å². The first-order chi connectivity index (χ1) is 12.9. The van der Waals surface area contributed by atoms with Gasteiger partial charge >= 0.3 is 0 Å². The van der Waals surface area contributed by atoms with Crippen molar-refractivity contribution in [3.63, 3.8) is 0 Å². The maximum atomic E-state index is 12.6. The van der Waals surface area contributed by atoms with Gasteiger partial charge in [-0.05, 0) is 44.0 Å². The Morgan fingerprint density at radius 1 is 1.15 bits per heavy atom. The summed E-state index contributed by atoms with van der Waals surface area (Å²) >= 11 is 7.50. The molecule has 1 heterocycles. The van der Waals surface area contributed by atoms with Gasteiger partial charge in [0.2, 0.25) is 5.91 Å². The second-order valence-corrected chi connectivity index (χ2v) is 8.06. The van der Waals surface area contributed by atoms with Crippen molar-refractivity contribution in [2.45, 2.75) is 31.2 Å². The van der Waals surface area contributed by atoms with Gasteiger partial charge in [0.15, 0.2) is 11.0 Å². The topological polar surface area (TPSA) is 59.8 Å². The molecule has 0 radical (unpaired) electrons. The highest BCUT2D eigenvalue weighted by atomic mass is 35.5. The van der Waals surface area contributed by atoms with Crippen LogP contribution in [0.4, 0.5) is 5.69 Å². The van der Waals surface area contributed by atoms with E-state index in [1.54, 1.807) is 6.07 Å². The van der Waals surface area contributed by atoms with Gasteiger partial charge in [0.05, 0.1) is 5.25 Å². The smallest absolute Gasteiger partial charge is 0.237 e.